The van der Waals surface area contributed by atoms with Gasteiger partial charge in [0.2, 0.25) is 0 Å². The molecule has 0 amide bonds. The molecule has 20 heavy (non-hydrogen) atoms. The Bertz CT molecular complexity index is 446. The highest BCUT2D eigenvalue weighted by Gasteiger charge is 2.03. The normalized spacial score (nSPS) is 12.3. The van der Waals surface area contributed by atoms with E-state index in [0.29, 0.717) is 18.9 Å². The summed E-state index contributed by atoms with van der Waals surface area (Å²) >= 11 is 0. The van der Waals surface area contributed by atoms with E-state index in [2.05, 4.69) is 26.5 Å². The van der Waals surface area contributed by atoms with Crippen LogP contribution in [-0.2, 0) is 16.0 Å². The first kappa shape index (κ1) is 16.2. The number of benzene rings is 1. The predicted molar refractivity (Wildman–Crippen MR) is 83.5 cm³/mol. The highest BCUT2D eigenvalue weighted by atomic mass is 16.5. The summed E-state index contributed by atoms with van der Waals surface area (Å²) in [6, 6.07) is 9.63. The number of allylic oxidation sites excluding steroid dienone is 2. The molecule has 108 valence electrons. The number of ether oxygens (including phenoxy) is 1. The quantitative estimate of drug-likeness (QED) is 0.520. The molecule has 1 unspecified atom stereocenters. The second-order valence-electron chi connectivity index (χ2n) is 5.14. The molecule has 1 atom stereocenters. The smallest absolute Gasteiger partial charge is 0.310 e. The molecule has 1 aromatic carbocycles. The Hall–Kier alpha value is -1.83. The van der Waals surface area contributed by atoms with Crippen molar-refractivity contribution in [3.63, 3.8) is 0 Å². The molecule has 0 heterocycles. The van der Waals surface area contributed by atoms with Gasteiger partial charge in [0.25, 0.3) is 0 Å². The Morgan fingerprint density at radius 2 is 2.00 bits per heavy atom. The lowest BCUT2D eigenvalue weighted by Gasteiger charge is -2.08. The van der Waals surface area contributed by atoms with Crippen molar-refractivity contribution >= 4 is 5.97 Å². The minimum atomic E-state index is -0.184. The molecule has 0 aliphatic heterocycles. The molecule has 0 aliphatic rings. The van der Waals surface area contributed by atoms with E-state index in [1.54, 1.807) is 0 Å². The third-order valence-electron chi connectivity index (χ3n) is 3.31. The van der Waals surface area contributed by atoms with Crippen molar-refractivity contribution in [3.05, 3.63) is 60.2 Å². The molecule has 0 saturated carbocycles. The summed E-state index contributed by atoms with van der Waals surface area (Å²) in [5.74, 6) is 0.358. The number of rotatable bonds is 8. The summed E-state index contributed by atoms with van der Waals surface area (Å²) in [4.78, 5) is 11.6. The highest BCUT2D eigenvalue weighted by molar-refractivity contribution is 5.72. The van der Waals surface area contributed by atoms with Crippen molar-refractivity contribution in [2.75, 3.05) is 6.61 Å². The second kappa shape index (κ2) is 9.13. The molecule has 0 saturated heterocycles. The average molecular weight is 272 g/mol. The van der Waals surface area contributed by atoms with E-state index in [9.17, 15) is 4.79 Å². The van der Waals surface area contributed by atoms with Crippen molar-refractivity contribution < 1.29 is 9.53 Å². The van der Waals surface area contributed by atoms with Gasteiger partial charge in [-0.25, -0.2) is 0 Å². The van der Waals surface area contributed by atoms with Crippen LogP contribution in [0, 0.1) is 5.92 Å². The summed E-state index contributed by atoms with van der Waals surface area (Å²) in [6.07, 6.45) is 6.39. The van der Waals surface area contributed by atoms with E-state index in [0.717, 1.165) is 18.4 Å². The van der Waals surface area contributed by atoms with Gasteiger partial charge in [-0.2, -0.15) is 0 Å². The molecule has 2 nitrogen and oxygen atoms in total. The fourth-order valence-electron chi connectivity index (χ4n) is 1.73. The first-order valence-corrected chi connectivity index (χ1v) is 7.09. The van der Waals surface area contributed by atoms with Gasteiger partial charge in [0.05, 0.1) is 6.42 Å². The summed E-state index contributed by atoms with van der Waals surface area (Å²) in [7, 11) is 0. The number of carbonyl (C=O) groups excluding carboxylic acids is 1. The van der Waals surface area contributed by atoms with E-state index in [1.165, 1.54) is 5.57 Å². The number of esters is 1. The van der Waals surface area contributed by atoms with Gasteiger partial charge in [-0.05, 0) is 31.2 Å². The van der Waals surface area contributed by atoms with Crippen molar-refractivity contribution in [2.24, 2.45) is 5.92 Å². The summed E-state index contributed by atoms with van der Waals surface area (Å²) in [6.45, 7) is 8.53. The van der Waals surface area contributed by atoms with Gasteiger partial charge in [-0.15, -0.1) is 0 Å². The minimum absolute atomic E-state index is 0.184. The Kier molecular flexibility index (Phi) is 7.41. The van der Waals surface area contributed by atoms with E-state index >= 15 is 0 Å². The van der Waals surface area contributed by atoms with Gasteiger partial charge < -0.3 is 4.74 Å². The zero-order chi connectivity index (χ0) is 14.8. The monoisotopic (exact) mass is 272 g/mol. The standard InChI is InChI=1S/C18H24O2/c1-15(2)16(3)10-6-5-9-13-20-18(19)14-17-11-7-4-8-12-17/h4-5,7-9,11-12,16H,1,6,10,13-14H2,2-3H3/b9-5+. The van der Waals surface area contributed by atoms with E-state index in [1.807, 2.05) is 36.4 Å². The molecule has 0 aliphatic carbocycles. The largest absolute Gasteiger partial charge is 0.461 e. The zero-order valence-corrected chi connectivity index (χ0v) is 12.5. The van der Waals surface area contributed by atoms with Gasteiger partial charge in [0.15, 0.2) is 0 Å². The lowest BCUT2D eigenvalue weighted by molar-refractivity contribution is -0.141. The molecule has 0 bridgehead atoms. The van der Waals surface area contributed by atoms with E-state index in [4.69, 9.17) is 4.74 Å². The molecule has 0 N–H and O–H groups in total. The molecule has 1 rings (SSSR count). The fraction of sp³-hybridized carbons (Fsp3) is 0.389. The molecule has 0 spiro atoms. The van der Waals surface area contributed by atoms with Crippen LogP contribution in [0.25, 0.3) is 0 Å². The Labute approximate surface area is 122 Å². The van der Waals surface area contributed by atoms with Crippen LogP contribution >= 0.6 is 0 Å². The molecule has 1 aromatic rings. The maximum Gasteiger partial charge on any atom is 0.310 e. The van der Waals surface area contributed by atoms with E-state index in [-0.39, 0.29) is 5.97 Å². The van der Waals surface area contributed by atoms with Crippen LogP contribution in [0.2, 0.25) is 0 Å². The zero-order valence-electron chi connectivity index (χ0n) is 12.5. The van der Waals surface area contributed by atoms with Crippen molar-refractivity contribution in [3.8, 4) is 0 Å². The summed E-state index contributed by atoms with van der Waals surface area (Å²) < 4.78 is 5.16. The SMILES string of the molecule is C=C(C)C(C)CC/C=C/COC(=O)Cc1ccccc1. The van der Waals surface area contributed by atoms with Crippen LogP contribution < -0.4 is 0 Å². The fourth-order valence-corrected chi connectivity index (χ4v) is 1.73. The topological polar surface area (TPSA) is 26.3 Å². The summed E-state index contributed by atoms with van der Waals surface area (Å²) in [5, 5.41) is 0. The molecular weight excluding hydrogens is 248 g/mol. The molecule has 2 heteroatoms. The van der Waals surface area contributed by atoms with Gasteiger partial charge >= 0.3 is 5.97 Å². The first-order chi connectivity index (χ1) is 9.59. The lowest BCUT2D eigenvalue weighted by atomic mass is 9.99. The summed E-state index contributed by atoms with van der Waals surface area (Å²) in [5.41, 5.74) is 2.20. The van der Waals surface area contributed by atoms with Crippen LogP contribution in [-0.4, -0.2) is 12.6 Å². The number of hydrogen-bond donors (Lipinski definition) is 0. The lowest BCUT2D eigenvalue weighted by Crippen LogP contribution is -2.07. The molecular formula is C18H24O2. The molecule has 0 aromatic heterocycles. The first-order valence-electron chi connectivity index (χ1n) is 7.09. The predicted octanol–water partition coefficient (Wildman–Crippen LogP) is 4.32. The average Bonchev–Trinajstić information content (AvgIpc) is 2.43. The van der Waals surface area contributed by atoms with Gasteiger partial charge in [0, 0.05) is 0 Å². The van der Waals surface area contributed by atoms with Gasteiger partial charge in [-0.3, -0.25) is 4.79 Å². The van der Waals surface area contributed by atoms with Crippen LogP contribution in [0.4, 0.5) is 0 Å². The highest BCUT2D eigenvalue weighted by Crippen LogP contribution is 2.13. The third kappa shape index (κ3) is 6.93. The van der Waals surface area contributed by atoms with Crippen LogP contribution in [0.5, 0.6) is 0 Å². The Balaban J connectivity index is 2.14. The van der Waals surface area contributed by atoms with Crippen LogP contribution in [0.15, 0.2) is 54.6 Å². The van der Waals surface area contributed by atoms with Crippen molar-refractivity contribution in [2.45, 2.75) is 33.1 Å². The number of carbonyl (C=O) groups is 1. The van der Waals surface area contributed by atoms with Crippen molar-refractivity contribution in [1.29, 1.82) is 0 Å². The minimum Gasteiger partial charge on any atom is -0.461 e. The Morgan fingerprint density at radius 3 is 2.65 bits per heavy atom. The van der Waals surface area contributed by atoms with Crippen LogP contribution in [0.1, 0.15) is 32.3 Å². The van der Waals surface area contributed by atoms with Crippen LogP contribution in [0.3, 0.4) is 0 Å². The van der Waals surface area contributed by atoms with E-state index < -0.39 is 0 Å². The molecule has 0 radical (unpaired) electrons. The second-order valence-corrected chi connectivity index (χ2v) is 5.14. The van der Waals surface area contributed by atoms with Crippen molar-refractivity contribution in [1.82, 2.24) is 0 Å². The number of hydrogen-bond acceptors (Lipinski definition) is 2. The maximum atomic E-state index is 11.6. The van der Waals surface area contributed by atoms with Gasteiger partial charge in [-0.1, -0.05) is 61.6 Å². The molecule has 0 fully saturated rings. The Morgan fingerprint density at radius 1 is 1.30 bits per heavy atom. The van der Waals surface area contributed by atoms with Gasteiger partial charge in [0.1, 0.15) is 6.61 Å². The maximum absolute atomic E-state index is 11.6. The third-order valence-corrected chi connectivity index (χ3v) is 3.31.